The van der Waals surface area contributed by atoms with Gasteiger partial charge in [0.15, 0.2) is 5.75 Å². The molecule has 0 aliphatic heterocycles. The predicted octanol–water partition coefficient (Wildman–Crippen LogP) is 3.66. The number of nitrogens with zero attached hydrogens (tertiary/aromatic N) is 6. The minimum atomic E-state index is -1.57. The number of benzene rings is 1. The van der Waals surface area contributed by atoms with Crippen molar-refractivity contribution in [2.45, 2.75) is 17.4 Å². The topological polar surface area (TPSA) is 133 Å². The number of pyridine rings is 1. The van der Waals surface area contributed by atoms with Crippen LogP contribution in [0.1, 0.15) is 12.1 Å². The fourth-order valence-electron chi connectivity index (χ4n) is 2.16. The van der Waals surface area contributed by atoms with E-state index < -0.39 is 11.2 Å². The molecule has 0 saturated carbocycles. The average Bonchev–Trinajstić information content (AvgIpc) is 3.20. The second-order valence-corrected chi connectivity index (χ2v) is 6.84. The number of aromatic nitrogens is 3. The molecule has 0 unspecified atom stereocenters. The summed E-state index contributed by atoms with van der Waals surface area (Å²) < 4.78 is 36.3. The highest BCUT2D eigenvalue weighted by molar-refractivity contribution is 7.90. The van der Waals surface area contributed by atoms with Crippen LogP contribution in [0.25, 0.3) is 21.9 Å². The molecule has 0 aliphatic carbocycles. The first-order valence-corrected chi connectivity index (χ1v) is 9.54. The van der Waals surface area contributed by atoms with Crippen LogP contribution in [0.3, 0.4) is 0 Å². The van der Waals surface area contributed by atoms with Crippen molar-refractivity contribution >= 4 is 11.2 Å². The summed E-state index contributed by atoms with van der Waals surface area (Å²) in [5.41, 5.74) is 9.30. The number of hydrogen-bond acceptors (Lipinski definition) is 7. The van der Waals surface area contributed by atoms with E-state index in [1.165, 1.54) is 30.5 Å². The molecular weight excluding hydrogens is 387 g/mol. The molecule has 0 fully saturated rings. The summed E-state index contributed by atoms with van der Waals surface area (Å²) in [6, 6.07) is 8.97. The van der Waals surface area contributed by atoms with Gasteiger partial charge in [0.05, 0.1) is 29.7 Å². The molecule has 2 heterocycles. The van der Waals surface area contributed by atoms with Gasteiger partial charge in [0.1, 0.15) is 11.6 Å². The highest BCUT2D eigenvalue weighted by Crippen LogP contribution is 2.22. The van der Waals surface area contributed by atoms with Crippen LogP contribution in [0, 0.1) is 5.82 Å². The van der Waals surface area contributed by atoms with E-state index in [0.29, 0.717) is 36.6 Å². The minimum Gasteiger partial charge on any atom is -0.607 e. The van der Waals surface area contributed by atoms with Crippen LogP contribution in [0.15, 0.2) is 57.3 Å². The third-order valence-electron chi connectivity index (χ3n) is 3.50. The Balaban J connectivity index is 1.55. The molecule has 11 heteroatoms. The molecular formula is C17H15FN6O3S. The summed E-state index contributed by atoms with van der Waals surface area (Å²) in [5, 5.41) is 11.0. The highest BCUT2D eigenvalue weighted by atomic mass is 32.2. The third kappa shape index (κ3) is 5.43. The summed E-state index contributed by atoms with van der Waals surface area (Å²) in [7, 11) is 0. The Morgan fingerprint density at radius 3 is 2.75 bits per heavy atom. The molecule has 0 bridgehead atoms. The van der Waals surface area contributed by atoms with Crippen LogP contribution in [0.4, 0.5) is 4.39 Å². The number of azide groups is 1. The maximum Gasteiger partial charge on any atom is 0.436 e. The first-order chi connectivity index (χ1) is 13.7. The lowest BCUT2D eigenvalue weighted by atomic mass is 10.2. The lowest BCUT2D eigenvalue weighted by Gasteiger charge is -2.07. The van der Waals surface area contributed by atoms with Gasteiger partial charge in [-0.3, -0.25) is 4.98 Å². The van der Waals surface area contributed by atoms with Gasteiger partial charge in [0.25, 0.3) is 5.89 Å². The van der Waals surface area contributed by atoms with E-state index in [9.17, 15) is 8.94 Å². The van der Waals surface area contributed by atoms with E-state index in [4.69, 9.17) is 14.7 Å². The van der Waals surface area contributed by atoms with Crippen molar-refractivity contribution in [3.8, 4) is 17.2 Å². The zero-order valence-corrected chi connectivity index (χ0v) is 15.4. The van der Waals surface area contributed by atoms with Crippen molar-refractivity contribution in [2.75, 3.05) is 13.2 Å². The monoisotopic (exact) mass is 402 g/mol. The van der Waals surface area contributed by atoms with E-state index >= 15 is 0 Å². The molecule has 0 amide bonds. The molecule has 3 aromatic rings. The Kier molecular flexibility index (Phi) is 6.79. The Bertz CT molecular complexity index is 944. The first-order valence-electron chi connectivity index (χ1n) is 8.22. The molecule has 0 aliphatic rings. The molecule has 0 radical (unpaired) electrons. The molecule has 1 aromatic carbocycles. The van der Waals surface area contributed by atoms with Gasteiger partial charge in [-0.25, -0.2) is 4.39 Å². The van der Waals surface area contributed by atoms with Crippen LogP contribution < -0.4 is 4.74 Å². The van der Waals surface area contributed by atoms with Gasteiger partial charge in [-0.1, -0.05) is 10.2 Å². The zero-order chi connectivity index (χ0) is 19.8. The summed E-state index contributed by atoms with van der Waals surface area (Å²) >= 11 is -1.57. The van der Waals surface area contributed by atoms with E-state index in [1.807, 2.05) is 0 Å². The molecule has 0 saturated heterocycles. The van der Waals surface area contributed by atoms with Crippen molar-refractivity contribution < 1.29 is 18.1 Å². The molecule has 3 rings (SSSR count). The van der Waals surface area contributed by atoms with Crippen LogP contribution >= 0.6 is 0 Å². The van der Waals surface area contributed by atoms with Crippen LogP contribution in [-0.4, -0.2) is 32.9 Å². The number of rotatable bonds is 9. The fourth-order valence-corrected chi connectivity index (χ4v) is 3.03. The molecule has 0 N–H and O–H groups in total. The van der Waals surface area contributed by atoms with Crippen molar-refractivity contribution in [2.24, 2.45) is 5.11 Å². The first kappa shape index (κ1) is 19.6. The lowest BCUT2D eigenvalue weighted by molar-refractivity contribution is 0.312. The zero-order valence-electron chi connectivity index (χ0n) is 14.6. The number of hydrogen-bond donors (Lipinski definition) is 0. The van der Waals surface area contributed by atoms with Gasteiger partial charge in [-0.05, 0) is 48.4 Å². The smallest absolute Gasteiger partial charge is 0.436 e. The fraction of sp³-hybridized carbons (Fsp3) is 0.235. The van der Waals surface area contributed by atoms with Crippen molar-refractivity contribution in [3.05, 3.63) is 64.5 Å². The Morgan fingerprint density at radius 1 is 1.21 bits per heavy atom. The molecule has 1 atom stereocenters. The standard InChI is InChI=1S/C17H15FN6O3S/c18-13-4-2-12(3-5-13)16-22-23-17(27-16)28(25)11-14-6-7-15(10-20-14)26-9-1-8-21-24-19/h2-7,10H,1,8-9,11H2/t28-/m0/s1. The van der Waals surface area contributed by atoms with Crippen LogP contribution in [0.5, 0.6) is 5.75 Å². The van der Waals surface area contributed by atoms with Gasteiger partial charge < -0.3 is 13.7 Å². The van der Waals surface area contributed by atoms with Crippen molar-refractivity contribution in [1.29, 1.82) is 0 Å². The molecule has 9 nitrogen and oxygen atoms in total. The quantitative estimate of drug-likeness (QED) is 0.176. The van der Waals surface area contributed by atoms with Crippen LogP contribution in [-0.2, 0) is 16.9 Å². The molecule has 0 spiro atoms. The largest absolute Gasteiger partial charge is 0.607 e. The molecule has 2 aromatic heterocycles. The Morgan fingerprint density at radius 2 is 2.04 bits per heavy atom. The van der Waals surface area contributed by atoms with Crippen LogP contribution in [0.2, 0.25) is 0 Å². The van der Waals surface area contributed by atoms with Gasteiger partial charge in [-0.15, -0.1) is 5.10 Å². The summed E-state index contributed by atoms with van der Waals surface area (Å²) in [6.45, 7) is 0.769. The second kappa shape index (κ2) is 9.70. The maximum atomic E-state index is 13.0. The summed E-state index contributed by atoms with van der Waals surface area (Å²) in [5.74, 6) is 0.455. The SMILES string of the molecule is [N-]=[N+]=NCCCOc1ccc(C[S@+]([O-])c2nnc(-c3ccc(F)cc3)o2)nc1. The van der Waals surface area contributed by atoms with Gasteiger partial charge in [-0.2, -0.15) is 0 Å². The van der Waals surface area contributed by atoms with E-state index in [-0.39, 0.29) is 22.7 Å². The van der Waals surface area contributed by atoms with Crippen molar-refractivity contribution in [1.82, 2.24) is 15.2 Å². The minimum absolute atomic E-state index is 0.0282. The molecule has 144 valence electrons. The lowest BCUT2D eigenvalue weighted by Crippen LogP contribution is -2.07. The average molecular weight is 402 g/mol. The number of ether oxygens (including phenoxy) is 1. The maximum absolute atomic E-state index is 13.0. The predicted molar refractivity (Wildman–Crippen MR) is 98.2 cm³/mol. The normalized spacial score (nSPS) is 11.6. The highest BCUT2D eigenvalue weighted by Gasteiger charge is 2.22. The van der Waals surface area contributed by atoms with E-state index in [0.717, 1.165) is 0 Å². The Labute approximate surface area is 162 Å². The van der Waals surface area contributed by atoms with Gasteiger partial charge >= 0.3 is 5.22 Å². The van der Waals surface area contributed by atoms with Gasteiger partial charge in [0, 0.05) is 17.0 Å². The van der Waals surface area contributed by atoms with Gasteiger partial charge in [0.2, 0.25) is 0 Å². The van der Waals surface area contributed by atoms with E-state index in [2.05, 4.69) is 25.2 Å². The second-order valence-electron chi connectivity index (χ2n) is 5.51. The summed E-state index contributed by atoms with van der Waals surface area (Å²) in [6.07, 6.45) is 2.13. The van der Waals surface area contributed by atoms with Crippen molar-refractivity contribution in [3.63, 3.8) is 0 Å². The third-order valence-corrected chi connectivity index (χ3v) is 4.62. The Hall–Kier alpha value is -3.14. The van der Waals surface area contributed by atoms with E-state index in [1.54, 1.807) is 12.1 Å². The summed E-state index contributed by atoms with van der Waals surface area (Å²) in [4.78, 5) is 6.86. The number of halogens is 1. The molecule has 28 heavy (non-hydrogen) atoms.